The highest BCUT2D eigenvalue weighted by Crippen LogP contribution is 2.36. The minimum Gasteiger partial charge on any atom is -0.381 e. The first kappa shape index (κ1) is 21.0. The second kappa shape index (κ2) is 8.32. The molecule has 2 aromatic rings. The predicted molar refractivity (Wildman–Crippen MR) is 94.7 cm³/mol. The molecule has 1 aromatic carbocycles. The Bertz CT molecular complexity index is 898. The van der Waals surface area contributed by atoms with Crippen molar-refractivity contribution in [2.45, 2.75) is 19.0 Å². The second-order valence-electron chi connectivity index (χ2n) is 6.71. The molecule has 2 heterocycles. The van der Waals surface area contributed by atoms with Gasteiger partial charge < -0.3 is 15.4 Å². The molecule has 1 aromatic heterocycles. The molecule has 3 rings (SSSR count). The van der Waals surface area contributed by atoms with Gasteiger partial charge >= 0.3 is 6.18 Å². The third kappa shape index (κ3) is 4.81. The number of hydrogen-bond acceptors (Lipinski definition) is 4. The molecule has 1 amide bonds. The van der Waals surface area contributed by atoms with E-state index in [-0.39, 0.29) is 24.0 Å². The van der Waals surface area contributed by atoms with E-state index in [0.29, 0.717) is 38.2 Å². The number of pyridine rings is 1. The summed E-state index contributed by atoms with van der Waals surface area (Å²) >= 11 is 0. The molecular weight excluding hydrogens is 397 g/mol. The van der Waals surface area contributed by atoms with Gasteiger partial charge in [0.1, 0.15) is 17.5 Å². The molecule has 0 spiro atoms. The van der Waals surface area contributed by atoms with E-state index in [4.69, 9.17) is 10.5 Å². The molecule has 1 aliphatic heterocycles. The third-order valence-electron chi connectivity index (χ3n) is 4.72. The van der Waals surface area contributed by atoms with Crippen molar-refractivity contribution in [1.29, 1.82) is 0 Å². The highest BCUT2D eigenvalue weighted by molar-refractivity contribution is 5.94. The van der Waals surface area contributed by atoms with Crippen LogP contribution < -0.4 is 10.6 Å². The molecule has 1 fully saturated rings. The lowest BCUT2D eigenvalue weighted by Crippen LogP contribution is -2.31. The largest absolute Gasteiger partial charge is 0.417 e. The molecule has 1 saturated heterocycles. The first-order valence-corrected chi connectivity index (χ1v) is 8.84. The van der Waals surface area contributed by atoms with Crippen LogP contribution in [0.5, 0.6) is 0 Å². The molecule has 29 heavy (non-hydrogen) atoms. The first-order valence-electron chi connectivity index (χ1n) is 8.84. The number of nitrogens with zero attached hydrogens (tertiary/aromatic N) is 2. The van der Waals surface area contributed by atoms with E-state index in [1.165, 1.54) is 4.90 Å². The monoisotopic (exact) mass is 415 g/mol. The number of aromatic nitrogens is 1. The Hall–Kier alpha value is -2.75. The number of nitrogens with two attached hydrogens (primary N) is 1. The molecule has 0 saturated carbocycles. The van der Waals surface area contributed by atoms with Gasteiger partial charge in [-0.1, -0.05) is 0 Å². The van der Waals surface area contributed by atoms with Crippen LogP contribution in [0.25, 0.3) is 0 Å². The topological polar surface area (TPSA) is 68.5 Å². The molecular formula is C19H18F5N3O2. The van der Waals surface area contributed by atoms with Crippen LogP contribution in [-0.2, 0) is 10.9 Å². The van der Waals surface area contributed by atoms with Crippen LogP contribution in [-0.4, -0.2) is 30.6 Å². The summed E-state index contributed by atoms with van der Waals surface area (Å²) in [7, 11) is 0. The Morgan fingerprint density at radius 2 is 1.90 bits per heavy atom. The van der Waals surface area contributed by atoms with Gasteiger partial charge in [0.15, 0.2) is 0 Å². The number of anilines is 2. The minimum atomic E-state index is -4.87. The van der Waals surface area contributed by atoms with Gasteiger partial charge in [-0.05, 0) is 37.0 Å². The summed E-state index contributed by atoms with van der Waals surface area (Å²) in [6, 6.07) is 3.45. The van der Waals surface area contributed by atoms with Gasteiger partial charge in [0.2, 0.25) is 0 Å². The summed E-state index contributed by atoms with van der Waals surface area (Å²) in [6.45, 7) is 1.10. The summed E-state index contributed by atoms with van der Waals surface area (Å²) in [4.78, 5) is 16.5. The number of ether oxygens (including phenoxy) is 1. The van der Waals surface area contributed by atoms with Crippen molar-refractivity contribution in [1.82, 2.24) is 4.98 Å². The van der Waals surface area contributed by atoms with E-state index in [1.54, 1.807) is 0 Å². The summed E-state index contributed by atoms with van der Waals surface area (Å²) in [5.74, 6) is -3.25. The van der Waals surface area contributed by atoms with Gasteiger partial charge in [0, 0.05) is 32.0 Å². The zero-order valence-electron chi connectivity index (χ0n) is 15.2. The Labute approximate surface area is 163 Å². The standard InChI is InChI=1S/C19H18F5N3O2/c20-12-1-2-16(15(21)7-12)27(10-11-3-5-29-6-4-11)17-8-14(19(22,23)24)13(9-26-17)18(25)28/h1-2,7-9,11H,3-6,10H2,(H2,25,28). The van der Waals surface area contributed by atoms with Crippen molar-refractivity contribution in [2.75, 3.05) is 24.7 Å². The summed E-state index contributed by atoms with van der Waals surface area (Å²) in [5, 5.41) is 0. The fourth-order valence-corrected chi connectivity index (χ4v) is 3.23. The molecule has 0 aliphatic carbocycles. The minimum absolute atomic E-state index is 0.000145. The van der Waals surface area contributed by atoms with E-state index in [0.717, 1.165) is 18.3 Å². The third-order valence-corrected chi connectivity index (χ3v) is 4.72. The van der Waals surface area contributed by atoms with E-state index in [1.807, 2.05) is 0 Å². The lowest BCUT2D eigenvalue weighted by Gasteiger charge is -2.31. The highest BCUT2D eigenvalue weighted by atomic mass is 19.4. The average molecular weight is 415 g/mol. The van der Waals surface area contributed by atoms with Gasteiger partial charge in [-0.3, -0.25) is 4.79 Å². The Morgan fingerprint density at radius 3 is 2.48 bits per heavy atom. The van der Waals surface area contributed by atoms with Crippen molar-refractivity contribution >= 4 is 17.4 Å². The van der Waals surface area contributed by atoms with Crippen LogP contribution in [0, 0.1) is 17.6 Å². The fraction of sp³-hybridized carbons (Fsp3) is 0.368. The molecule has 5 nitrogen and oxygen atoms in total. The van der Waals surface area contributed by atoms with Crippen molar-refractivity contribution in [3.63, 3.8) is 0 Å². The van der Waals surface area contributed by atoms with Gasteiger partial charge in [0.05, 0.1) is 16.8 Å². The number of rotatable bonds is 5. The quantitative estimate of drug-likeness (QED) is 0.749. The van der Waals surface area contributed by atoms with E-state index in [2.05, 4.69) is 4.98 Å². The van der Waals surface area contributed by atoms with Crippen LogP contribution >= 0.6 is 0 Å². The molecule has 0 unspecified atom stereocenters. The Kier molecular flexibility index (Phi) is 6.02. The maximum Gasteiger partial charge on any atom is 0.417 e. The van der Waals surface area contributed by atoms with E-state index in [9.17, 15) is 26.7 Å². The molecule has 1 aliphatic rings. The normalized spacial score (nSPS) is 15.3. The number of alkyl halides is 3. The number of hydrogen-bond donors (Lipinski definition) is 1. The number of amides is 1. The van der Waals surface area contributed by atoms with E-state index >= 15 is 0 Å². The number of benzene rings is 1. The Morgan fingerprint density at radius 1 is 1.21 bits per heavy atom. The molecule has 156 valence electrons. The van der Waals surface area contributed by atoms with Gasteiger partial charge in [0.25, 0.3) is 5.91 Å². The fourth-order valence-electron chi connectivity index (χ4n) is 3.23. The zero-order chi connectivity index (χ0) is 21.2. The zero-order valence-corrected chi connectivity index (χ0v) is 15.2. The average Bonchev–Trinajstić information content (AvgIpc) is 2.66. The maximum atomic E-state index is 14.5. The predicted octanol–water partition coefficient (Wildman–Crippen LogP) is 4.04. The molecule has 0 radical (unpaired) electrons. The Balaban J connectivity index is 2.08. The van der Waals surface area contributed by atoms with Crippen LogP contribution in [0.1, 0.15) is 28.8 Å². The van der Waals surface area contributed by atoms with Crippen LogP contribution in [0.3, 0.4) is 0 Å². The van der Waals surface area contributed by atoms with Gasteiger partial charge in [-0.15, -0.1) is 0 Å². The van der Waals surface area contributed by atoms with Crippen molar-refractivity contribution in [3.05, 3.63) is 53.2 Å². The summed E-state index contributed by atoms with van der Waals surface area (Å²) in [5.41, 5.74) is 2.86. The van der Waals surface area contributed by atoms with Crippen molar-refractivity contribution in [3.8, 4) is 0 Å². The summed E-state index contributed by atoms with van der Waals surface area (Å²) < 4.78 is 73.4. The lowest BCUT2D eigenvalue weighted by molar-refractivity contribution is -0.137. The van der Waals surface area contributed by atoms with E-state index < -0.39 is 34.8 Å². The lowest BCUT2D eigenvalue weighted by atomic mass is 9.99. The molecule has 0 bridgehead atoms. The highest BCUT2D eigenvalue weighted by Gasteiger charge is 2.36. The molecule has 10 heteroatoms. The smallest absolute Gasteiger partial charge is 0.381 e. The maximum absolute atomic E-state index is 14.5. The molecule has 0 atom stereocenters. The van der Waals surface area contributed by atoms with Gasteiger partial charge in [-0.2, -0.15) is 13.2 Å². The number of carbonyl (C=O) groups excluding carboxylic acids is 1. The van der Waals surface area contributed by atoms with Crippen LogP contribution in [0.2, 0.25) is 0 Å². The van der Waals surface area contributed by atoms with Crippen molar-refractivity contribution < 1.29 is 31.5 Å². The van der Waals surface area contributed by atoms with Crippen molar-refractivity contribution in [2.24, 2.45) is 11.7 Å². The first-order chi connectivity index (χ1) is 13.7. The number of primary amides is 1. The number of carbonyl (C=O) groups is 1. The second-order valence-corrected chi connectivity index (χ2v) is 6.71. The number of halogens is 5. The van der Waals surface area contributed by atoms with Crippen LogP contribution in [0.15, 0.2) is 30.5 Å². The summed E-state index contributed by atoms with van der Waals surface area (Å²) in [6.07, 6.45) is -2.89. The SMILES string of the molecule is NC(=O)c1cnc(N(CC2CCOCC2)c2ccc(F)cc2F)cc1C(F)(F)F. The molecule has 2 N–H and O–H groups in total. The van der Waals surface area contributed by atoms with Gasteiger partial charge in [-0.25, -0.2) is 13.8 Å². The van der Waals surface area contributed by atoms with Crippen LogP contribution in [0.4, 0.5) is 33.5 Å².